The van der Waals surface area contributed by atoms with Gasteiger partial charge in [-0.05, 0) is 62.9 Å². The molecule has 0 radical (unpaired) electrons. The van der Waals surface area contributed by atoms with E-state index in [1.54, 1.807) is 24.2 Å². The van der Waals surface area contributed by atoms with Gasteiger partial charge in [0.1, 0.15) is 11.4 Å². The maximum absolute atomic E-state index is 13.5. The van der Waals surface area contributed by atoms with Crippen LogP contribution < -0.4 is 9.64 Å². The topological polar surface area (TPSA) is 62.2 Å². The Balaban J connectivity index is 1.93. The minimum atomic E-state index is -0.231. The van der Waals surface area contributed by atoms with E-state index in [1.807, 2.05) is 62.9 Å². The number of methoxy groups -OCH3 is 1. The normalized spacial score (nSPS) is 14.9. The van der Waals surface area contributed by atoms with Gasteiger partial charge in [-0.15, -0.1) is 0 Å². The summed E-state index contributed by atoms with van der Waals surface area (Å²) in [5.74, 6) is 1.05. The average molecular weight is 494 g/mol. The van der Waals surface area contributed by atoms with Crippen LogP contribution >= 0.6 is 11.8 Å². The molecule has 1 aliphatic heterocycles. The summed E-state index contributed by atoms with van der Waals surface area (Å²) in [6.45, 7) is 12.3. The lowest BCUT2D eigenvalue weighted by Crippen LogP contribution is -2.43. The number of anilines is 1. The largest absolute Gasteiger partial charge is 0.497 e. The molecule has 0 aromatic heterocycles. The number of carbonyl (C=O) groups excluding carboxylic acids is 2. The van der Waals surface area contributed by atoms with Crippen LogP contribution in [-0.2, 0) is 9.59 Å². The van der Waals surface area contributed by atoms with Gasteiger partial charge in [0.15, 0.2) is 5.17 Å². The summed E-state index contributed by atoms with van der Waals surface area (Å²) in [5, 5.41) is 0.481. The van der Waals surface area contributed by atoms with Crippen LogP contribution in [-0.4, -0.2) is 46.8 Å². The summed E-state index contributed by atoms with van der Waals surface area (Å²) >= 11 is 1.28. The van der Waals surface area contributed by atoms with E-state index >= 15 is 0 Å². The number of hydrogen-bond acceptors (Lipinski definition) is 5. The Kier molecular flexibility index (Phi) is 8.78. The van der Waals surface area contributed by atoms with Crippen molar-refractivity contribution in [1.82, 2.24) is 4.90 Å². The number of ether oxygens (including phenoxy) is 1. The Morgan fingerprint density at radius 1 is 1.06 bits per heavy atom. The number of benzene rings is 2. The van der Waals surface area contributed by atoms with E-state index in [9.17, 15) is 9.59 Å². The highest BCUT2D eigenvalue weighted by atomic mass is 32.2. The third kappa shape index (κ3) is 6.34. The predicted octanol–water partition coefficient (Wildman–Crippen LogP) is 5.94. The lowest BCUT2D eigenvalue weighted by Gasteiger charge is -2.30. The summed E-state index contributed by atoms with van der Waals surface area (Å²) in [5.41, 5.74) is 3.13. The smallest absolute Gasteiger partial charge is 0.283 e. The van der Waals surface area contributed by atoms with Gasteiger partial charge in [-0.1, -0.05) is 55.9 Å². The van der Waals surface area contributed by atoms with Crippen LogP contribution in [0.5, 0.6) is 5.75 Å². The van der Waals surface area contributed by atoms with Crippen molar-refractivity contribution in [3.63, 3.8) is 0 Å². The van der Waals surface area contributed by atoms with E-state index in [0.717, 1.165) is 5.56 Å². The zero-order chi connectivity index (χ0) is 25.7. The molecule has 0 spiro atoms. The average Bonchev–Trinajstić information content (AvgIpc) is 3.12. The van der Waals surface area contributed by atoms with Crippen molar-refractivity contribution in [1.29, 1.82) is 0 Å². The number of aliphatic imine (C=N–C) groups is 1. The third-order valence-electron chi connectivity index (χ3n) is 5.77. The second kappa shape index (κ2) is 11.6. The lowest BCUT2D eigenvalue weighted by atomic mass is 10.0. The summed E-state index contributed by atoms with van der Waals surface area (Å²) < 4.78 is 5.36. The highest BCUT2D eigenvalue weighted by Crippen LogP contribution is 2.32. The molecule has 0 saturated carbocycles. The van der Waals surface area contributed by atoms with E-state index in [-0.39, 0.29) is 29.7 Å². The van der Waals surface area contributed by atoms with Crippen LogP contribution in [0.3, 0.4) is 0 Å². The highest BCUT2D eigenvalue weighted by Gasteiger charge is 2.33. The van der Waals surface area contributed by atoms with Gasteiger partial charge >= 0.3 is 0 Å². The quantitative estimate of drug-likeness (QED) is 0.427. The van der Waals surface area contributed by atoms with Crippen molar-refractivity contribution in [2.75, 3.05) is 17.8 Å². The van der Waals surface area contributed by atoms with Gasteiger partial charge in [0.05, 0.1) is 18.6 Å². The van der Waals surface area contributed by atoms with E-state index in [2.05, 4.69) is 31.0 Å². The SMILES string of the molecule is COc1cccc(N2C(=O)/C(=C\c3ccc(C(C)C)cc3)N=C2SCC(=O)N(C(C)C)C(C)C)c1. The highest BCUT2D eigenvalue weighted by molar-refractivity contribution is 8.14. The zero-order valence-electron chi connectivity index (χ0n) is 21.6. The molecule has 0 aliphatic carbocycles. The van der Waals surface area contributed by atoms with Crippen LogP contribution in [0.4, 0.5) is 5.69 Å². The Hall–Kier alpha value is -3.06. The van der Waals surface area contributed by atoms with E-state index in [4.69, 9.17) is 4.74 Å². The fourth-order valence-corrected chi connectivity index (χ4v) is 4.96. The Bertz CT molecular complexity index is 1110. The number of hydrogen-bond donors (Lipinski definition) is 0. The second-order valence-electron chi connectivity index (χ2n) is 9.36. The van der Waals surface area contributed by atoms with Crippen molar-refractivity contribution in [2.45, 2.75) is 59.5 Å². The molecule has 0 fully saturated rings. The first-order valence-corrected chi connectivity index (χ1v) is 12.9. The van der Waals surface area contributed by atoms with E-state index in [0.29, 0.717) is 28.2 Å². The molecule has 2 aromatic carbocycles. The number of carbonyl (C=O) groups is 2. The number of thioether (sulfide) groups is 1. The van der Waals surface area contributed by atoms with Crippen LogP contribution in [0.1, 0.15) is 58.6 Å². The van der Waals surface area contributed by atoms with Gasteiger partial charge in [-0.2, -0.15) is 0 Å². The zero-order valence-corrected chi connectivity index (χ0v) is 22.4. The molecule has 0 unspecified atom stereocenters. The second-order valence-corrected chi connectivity index (χ2v) is 10.3. The maximum Gasteiger partial charge on any atom is 0.283 e. The molecular weight excluding hydrogens is 458 g/mol. The molecule has 0 atom stereocenters. The third-order valence-corrected chi connectivity index (χ3v) is 6.70. The van der Waals surface area contributed by atoms with E-state index < -0.39 is 0 Å². The van der Waals surface area contributed by atoms with Gasteiger partial charge in [-0.3, -0.25) is 14.5 Å². The monoisotopic (exact) mass is 493 g/mol. The molecule has 1 aliphatic rings. The van der Waals surface area contributed by atoms with Crippen molar-refractivity contribution < 1.29 is 14.3 Å². The van der Waals surface area contributed by atoms with Crippen LogP contribution in [0, 0.1) is 0 Å². The van der Waals surface area contributed by atoms with Crippen LogP contribution in [0.2, 0.25) is 0 Å². The molecule has 186 valence electrons. The number of amidine groups is 1. The van der Waals surface area contributed by atoms with Gasteiger partial charge in [0, 0.05) is 18.2 Å². The molecule has 0 bridgehead atoms. The molecule has 3 rings (SSSR count). The van der Waals surface area contributed by atoms with Crippen molar-refractivity contribution >= 4 is 40.5 Å². The summed E-state index contributed by atoms with van der Waals surface area (Å²) in [6.07, 6.45) is 1.80. The van der Waals surface area contributed by atoms with Crippen LogP contribution in [0.25, 0.3) is 6.08 Å². The first-order valence-electron chi connectivity index (χ1n) is 11.9. The number of nitrogens with zero attached hydrogens (tertiary/aromatic N) is 3. The van der Waals surface area contributed by atoms with Crippen molar-refractivity contribution in [3.05, 3.63) is 65.4 Å². The molecule has 2 aromatic rings. The minimum Gasteiger partial charge on any atom is -0.497 e. The van der Waals surface area contributed by atoms with Gasteiger partial charge < -0.3 is 9.64 Å². The fourth-order valence-electron chi connectivity index (χ4n) is 4.08. The van der Waals surface area contributed by atoms with Crippen molar-refractivity contribution in [2.24, 2.45) is 4.99 Å². The Morgan fingerprint density at radius 2 is 1.71 bits per heavy atom. The fraction of sp³-hybridized carbons (Fsp3) is 0.393. The van der Waals surface area contributed by atoms with Gasteiger partial charge in [0.25, 0.3) is 5.91 Å². The Morgan fingerprint density at radius 3 is 2.29 bits per heavy atom. The molecular formula is C28H35N3O3S. The molecule has 6 nitrogen and oxygen atoms in total. The first kappa shape index (κ1) is 26.5. The molecule has 35 heavy (non-hydrogen) atoms. The summed E-state index contributed by atoms with van der Waals surface area (Å²) in [7, 11) is 1.59. The predicted molar refractivity (Wildman–Crippen MR) is 146 cm³/mol. The molecule has 0 saturated heterocycles. The first-order chi connectivity index (χ1) is 16.6. The maximum atomic E-state index is 13.5. The Labute approximate surface area is 213 Å². The lowest BCUT2D eigenvalue weighted by molar-refractivity contribution is -0.131. The molecule has 0 N–H and O–H groups in total. The van der Waals surface area contributed by atoms with Gasteiger partial charge in [0.2, 0.25) is 5.91 Å². The minimum absolute atomic E-state index is 0.0162. The molecule has 2 amide bonds. The number of rotatable bonds is 8. The van der Waals surface area contributed by atoms with Crippen LogP contribution in [0.15, 0.2) is 59.2 Å². The van der Waals surface area contributed by atoms with Gasteiger partial charge in [-0.25, -0.2) is 4.99 Å². The molecule has 7 heteroatoms. The standard InChI is InChI=1S/C28H35N3O3S/c1-18(2)22-13-11-21(12-14-22)15-25-27(33)31(23-9-8-10-24(16-23)34-7)28(29-25)35-17-26(32)30(19(3)4)20(5)6/h8-16,18-20H,17H2,1-7H3/b25-15+. The number of amides is 2. The summed E-state index contributed by atoms with van der Waals surface area (Å²) in [6, 6.07) is 15.6. The summed E-state index contributed by atoms with van der Waals surface area (Å²) in [4.78, 5) is 34.5. The molecule has 1 heterocycles. The van der Waals surface area contributed by atoms with E-state index in [1.165, 1.54) is 17.3 Å². The van der Waals surface area contributed by atoms with Crippen molar-refractivity contribution in [3.8, 4) is 5.75 Å².